The first-order valence-electron chi connectivity index (χ1n) is 10.4. The number of benzene rings is 2. The van der Waals surface area contributed by atoms with Crippen molar-refractivity contribution in [2.45, 2.75) is 57.5 Å². The number of hydrogen-bond donors (Lipinski definition) is 1. The van der Waals surface area contributed by atoms with Crippen molar-refractivity contribution in [3.05, 3.63) is 65.7 Å². The predicted molar refractivity (Wildman–Crippen MR) is 117 cm³/mol. The van der Waals surface area contributed by atoms with E-state index in [9.17, 15) is 13.2 Å². The molecular weight excluding hydrogens is 384 g/mol. The Kier molecular flexibility index (Phi) is 7.31. The smallest absolute Gasteiger partial charge is 0.253 e. The Morgan fingerprint density at radius 2 is 1.52 bits per heavy atom. The zero-order valence-electron chi connectivity index (χ0n) is 17.0. The molecular formula is C23H30N2O3S. The quantitative estimate of drug-likeness (QED) is 0.757. The van der Waals surface area contributed by atoms with Gasteiger partial charge in [0.25, 0.3) is 5.91 Å². The predicted octanol–water partition coefficient (Wildman–Crippen LogP) is 4.50. The molecule has 3 rings (SSSR count). The summed E-state index contributed by atoms with van der Waals surface area (Å²) in [6.07, 6.45) is 9.07. The summed E-state index contributed by atoms with van der Waals surface area (Å²) in [6, 6.07) is 16.5. The molecule has 0 bridgehead atoms. The van der Waals surface area contributed by atoms with Gasteiger partial charge in [0.05, 0.1) is 24.1 Å². The highest BCUT2D eigenvalue weighted by molar-refractivity contribution is 7.92. The van der Waals surface area contributed by atoms with Crippen LogP contribution in [-0.4, -0.2) is 26.6 Å². The molecule has 29 heavy (non-hydrogen) atoms. The zero-order chi connectivity index (χ0) is 20.7. The Hall–Kier alpha value is -2.34. The van der Waals surface area contributed by atoms with E-state index < -0.39 is 10.0 Å². The van der Waals surface area contributed by atoms with E-state index in [-0.39, 0.29) is 18.5 Å². The fourth-order valence-corrected chi connectivity index (χ4v) is 4.78. The van der Waals surface area contributed by atoms with E-state index in [0.717, 1.165) is 31.2 Å². The number of nitrogens with zero attached hydrogens (tertiary/aromatic N) is 1. The second-order valence-corrected chi connectivity index (χ2v) is 9.69. The number of sulfonamides is 1. The van der Waals surface area contributed by atoms with Gasteiger partial charge in [-0.1, -0.05) is 74.6 Å². The van der Waals surface area contributed by atoms with Crippen molar-refractivity contribution in [3.8, 4) is 0 Å². The van der Waals surface area contributed by atoms with Gasteiger partial charge >= 0.3 is 0 Å². The van der Waals surface area contributed by atoms with Crippen LogP contribution in [-0.2, 0) is 16.6 Å². The first kappa shape index (κ1) is 21.4. The highest BCUT2D eigenvalue weighted by Crippen LogP contribution is 2.26. The minimum atomic E-state index is -3.56. The third kappa shape index (κ3) is 6.07. The maximum absolute atomic E-state index is 13.1. The standard InChI is InChI=1S/C23H30N2O3S/c1-29(27,28)25(18-19-12-6-5-7-13-19)22-17-11-10-16-21(22)23(26)24-20-14-8-3-2-4-9-15-20/h5-7,10-13,16-17,20H,2-4,8-9,14-15,18H2,1H3,(H,24,26). The van der Waals surface area contributed by atoms with E-state index in [1.54, 1.807) is 24.3 Å². The number of rotatable bonds is 6. The molecule has 1 saturated carbocycles. The van der Waals surface area contributed by atoms with E-state index in [1.165, 1.54) is 29.8 Å². The van der Waals surface area contributed by atoms with Crippen LogP contribution in [0.5, 0.6) is 0 Å². The Bertz CT molecular complexity index is 905. The Morgan fingerprint density at radius 3 is 2.17 bits per heavy atom. The summed E-state index contributed by atoms with van der Waals surface area (Å²) >= 11 is 0. The van der Waals surface area contributed by atoms with Gasteiger partial charge in [-0.15, -0.1) is 0 Å². The Balaban J connectivity index is 1.86. The number of amides is 1. The molecule has 5 nitrogen and oxygen atoms in total. The summed E-state index contributed by atoms with van der Waals surface area (Å²) in [7, 11) is -3.56. The van der Waals surface area contributed by atoms with E-state index in [4.69, 9.17) is 0 Å². The van der Waals surface area contributed by atoms with Crippen molar-refractivity contribution in [2.75, 3.05) is 10.6 Å². The van der Waals surface area contributed by atoms with Crippen LogP contribution in [0.15, 0.2) is 54.6 Å². The van der Waals surface area contributed by atoms with Crippen molar-refractivity contribution in [3.63, 3.8) is 0 Å². The van der Waals surface area contributed by atoms with E-state index in [1.807, 2.05) is 30.3 Å². The number of carbonyl (C=O) groups is 1. The molecule has 0 atom stereocenters. The minimum absolute atomic E-state index is 0.150. The third-order valence-electron chi connectivity index (χ3n) is 5.43. The molecule has 1 fully saturated rings. The Labute approximate surface area is 174 Å². The molecule has 1 N–H and O–H groups in total. The summed E-state index contributed by atoms with van der Waals surface area (Å²) in [5.41, 5.74) is 1.69. The molecule has 0 spiro atoms. The van der Waals surface area contributed by atoms with Crippen molar-refractivity contribution in [1.82, 2.24) is 5.32 Å². The number of hydrogen-bond acceptors (Lipinski definition) is 3. The lowest BCUT2D eigenvalue weighted by atomic mass is 9.96. The van der Waals surface area contributed by atoms with Crippen LogP contribution in [0.2, 0.25) is 0 Å². The van der Waals surface area contributed by atoms with Crippen LogP contribution < -0.4 is 9.62 Å². The largest absolute Gasteiger partial charge is 0.349 e. The minimum Gasteiger partial charge on any atom is -0.349 e. The molecule has 0 unspecified atom stereocenters. The van der Waals surface area contributed by atoms with Gasteiger partial charge in [-0.05, 0) is 30.5 Å². The van der Waals surface area contributed by atoms with Crippen molar-refractivity contribution in [2.24, 2.45) is 0 Å². The SMILES string of the molecule is CS(=O)(=O)N(Cc1ccccc1)c1ccccc1C(=O)NC1CCCCCCC1. The first-order chi connectivity index (χ1) is 13.9. The molecule has 1 aliphatic rings. The third-order valence-corrected chi connectivity index (χ3v) is 6.55. The molecule has 2 aromatic carbocycles. The summed E-state index contributed by atoms with van der Waals surface area (Å²) < 4.78 is 26.5. The lowest BCUT2D eigenvalue weighted by Crippen LogP contribution is -2.37. The molecule has 1 amide bonds. The fraction of sp³-hybridized carbons (Fsp3) is 0.435. The summed E-state index contributed by atoms with van der Waals surface area (Å²) in [6.45, 7) is 0.188. The lowest BCUT2D eigenvalue weighted by molar-refractivity contribution is 0.0931. The summed E-state index contributed by atoms with van der Waals surface area (Å²) in [5.74, 6) is -0.201. The molecule has 6 heteroatoms. The highest BCUT2D eigenvalue weighted by Gasteiger charge is 2.24. The molecule has 0 saturated heterocycles. The van der Waals surface area contributed by atoms with Gasteiger partial charge in [0.1, 0.15) is 0 Å². The molecule has 0 radical (unpaired) electrons. The molecule has 0 heterocycles. The van der Waals surface area contributed by atoms with Crippen LogP contribution in [0, 0.1) is 0 Å². The van der Waals surface area contributed by atoms with Gasteiger partial charge < -0.3 is 5.32 Å². The van der Waals surface area contributed by atoms with Crippen molar-refractivity contribution in [1.29, 1.82) is 0 Å². The summed E-state index contributed by atoms with van der Waals surface area (Å²) in [5, 5.41) is 3.15. The number of nitrogens with one attached hydrogen (secondary N) is 1. The van der Waals surface area contributed by atoms with Crippen LogP contribution >= 0.6 is 0 Å². The van der Waals surface area contributed by atoms with Gasteiger partial charge in [-0.3, -0.25) is 9.10 Å². The number of anilines is 1. The molecule has 156 valence electrons. The van der Waals surface area contributed by atoms with Crippen LogP contribution in [0.3, 0.4) is 0 Å². The Morgan fingerprint density at radius 1 is 0.931 bits per heavy atom. The zero-order valence-corrected chi connectivity index (χ0v) is 17.8. The number of carbonyl (C=O) groups excluding carboxylic acids is 1. The average Bonchev–Trinajstić information content (AvgIpc) is 2.68. The second kappa shape index (κ2) is 9.92. The van der Waals surface area contributed by atoms with Gasteiger partial charge in [-0.2, -0.15) is 0 Å². The monoisotopic (exact) mass is 414 g/mol. The molecule has 2 aromatic rings. The van der Waals surface area contributed by atoms with E-state index in [0.29, 0.717) is 11.3 Å². The highest BCUT2D eigenvalue weighted by atomic mass is 32.2. The van der Waals surface area contributed by atoms with Gasteiger partial charge in [0.2, 0.25) is 10.0 Å². The van der Waals surface area contributed by atoms with Crippen LogP contribution in [0.25, 0.3) is 0 Å². The van der Waals surface area contributed by atoms with Crippen molar-refractivity contribution < 1.29 is 13.2 Å². The lowest BCUT2D eigenvalue weighted by Gasteiger charge is -2.26. The topological polar surface area (TPSA) is 66.5 Å². The second-order valence-electron chi connectivity index (χ2n) is 7.79. The molecule has 0 aliphatic heterocycles. The van der Waals surface area contributed by atoms with Crippen LogP contribution in [0.1, 0.15) is 60.9 Å². The van der Waals surface area contributed by atoms with E-state index in [2.05, 4.69) is 5.32 Å². The first-order valence-corrected chi connectivity index (χ1v) is 12.2. The van der Waals surface area contributed by atoms with Gasteiger partial charge in [0.15, 0.2) is 0 Å². The van der Waals surface area contributed by atoms with Crippen LogP contribution in [0.4, 0.5) is 5.69 Å². The van der Waals surface area contributed by atoms with Gasteiger partial charge in [-0.25, -0.2) is 8.42 Å². The molecule has 0 aromatic heterocycles. The van der Waals surface area contributed by atoms with E-state index >= 15 is 0 Å². The average molecular weight is 415 g/mol. The normalized spacial score (nSPS) is 15.9. The fourth-order valence-electron chi connectivity index (χ4n) is 3.88. The molecule has 1 aliphatic carbocycles. The van der Waals surface area contributed by atoms with Gasteiger partial charge in [0, 0.05) is 6.04 Å². The maximum Gasteiger partial charge on any atom is 0.253 e. The maximum atomic E-state index is 13.1. The summed E-state index contributed by atoms with van der Waals surface area (Å²) in [4.78, 5) is 13.1. The van der Waals surface area contributed by atoms with Crippen molar-refractivity contribution >= 4 is 21.6 Å². The number of para-hydroxylation sites is 1.